The predicted octanol–water partition coefficient (Wildman–Crippen LogP) is 0.0825. The molecule has 1 heterocycles. The molecule has 0 radical (unpaired) electrons. The van der Waals surface area contributed by atoms with Gasteiger partial charge in [0.25, 0.3) is 5.91 Å². The van der Waals surface area contributed by atoms with Gasteiger partial charge < -0.3 is 21.7 Å². The van der Waals surface area contributed by atoms with Crippen molar-refractivity contribution in [2.75, 3.05) is 23.7 Å². The summed E-state index contributed by atoms with van der Waals surface area (Å²) in [5, 5.41) is 2.83. The fourth-order valence-corrected chi connectivity index (χ4v) is 2.43. The van der Waals surface area contributed by atoms with Crippen molar-refractivity contribution in [2.24, 2.45) is 5.73 Å². The number of carbonyl (C=O) groups is 2. The molecule has 1 aliphatic heterocycles. The molecule has 1 fully saturated rings. The van der Waals surface area contributed by atoms with Crippen molar-refractivity contribution in [2.45, 2.75) is 19.4 Å². The lowest BCUT2D eigenvalue weighted by Crippen LogP contribution is -2.55. The highest BCUT2D eigenvalue weighted by molar-refractivity contribution is 6.01. The van der Waals surface area contributed by atoms with Crippen LogP contribution in [0.2, 0.25) is 0 Å². The number of benzene rings is 1. The number of nitrogen functional groups attached to an aromatic ring is 1. The summed E-state index contributed by atoms with van der Waals surface area (Å²) in [6.07, 6.45) is 0.673. The van der Waals surface area contributed by atoms with Crippen LogP contribution in [0.3, 0.4) is 0 Å². The molecule has 19 heavy (non-hydrogen) atoms. The first-order valence-corrected chi connectivity index (χ1v) is 6.29. The van der Waals surface area contributed by atoms with Crippen molar-refractivity contribution in [1.82, 2.24) is 5.32 Å². The molecular weight excluding hydrogens is 244 g/mol. The Kier molecular flexibility index (Phi) is 3.59. The molecule has 1 aliphatic rings. The van der Waals surface area contributed by atoms with Crippen molar-refractivity contribution in [3.63, 3.8) is 0 Å². The summed E-state index contributed by atoms with van der Waals surface area (Å²) >= 11 is 0. The fraction of sp³-hybridized carbons (Fsp3) is 0.385. The van der Waals surface area contributed by atoms with Gasteiger partial charge in [0.2, 0.25) is 5.91 Å². The van der Waals surface area contributed by atoms with E-state index in [0.29, 0.717) is 36.4 Å². The molecule has 0 aromatic heterocycles. The molecule has 1 saturated heterocycles. The number of primary amides is 1. The number of nitrogens with two attached hydrogens (primary N) is 2. The Morgan fingerprint density at radius 3 is 2.89 bits per heavy atom. The van der Waals surface area contributed by atoms with Gasteiger partial charge in [-0.05, 0) is 18.6 Å². The number of carbonyl (C=O) groups excluding carboxylic acids is 2. The van der Waals surface area contributed by atoms with Crippen LogP contribution < -0.4 is 21.7 Å². The molecule has 0 bridgehead atoms. The summed E-state index contributed by atoms with van der Waals surface area (Å²) in [5.41, 5.74) is 12.6. The smallest absolute Gasteiger partial charge is 0.250 e. The molecule has 6 nitrogen and oxygen atoms in total. The monoisotopic (exact) mass is 262 g/mol. The molecule has 6 heteroatoms. The minimum absolute atomic E-state index is 0.0161. The molecule has 0 saturated carbocycles. The maximum Gasteiger partial charge on any atom is 0.250 e. The van der Waals surface area contributed by atoms with Crippen LogP contribution in [-0.2, 0) is 4.79 Å². The van der Waals surface area contributed by atoms with Crippen molar-refractivity contribution >= 4 is 23.2 Å². The quantitative estimate of drug-likeness (QED) is 0.671. The molecule has 1 aromatic rings. The second kappa shape index (κ2) is 5.17. The van der Waals surface area contributed by atoms with Crippen LogP contribution in [0, 0.1) is 0 Å². The summed E-state index contributed by atoms with van der Waals surface area (Å²) in [6, 6.07) is 4.86. The fourth-order valence-electron chi connectivity index (χ4n) is 2.43. The average Bonchev–Trinajstić information content (AvgIpc) is 2.38. The minimum atomic E-state index is -0.561. The highest BCUT2D eigenvalue weighted by Crippen LogP contribution is 2.29. The maximum absolute atomic E-state index is 11.9. The molecule has 1 aromatic carbocycles. The van der Waals surface area contributed by atoms with E-state index in [4.69, 9.17) is 11.5 Å². The van der Waals surface area contributed by atoms with Gasteiger partial charge in [-0.15, -0.1) is 0 Å². The number of nitrogens with zero attached hydrogens (tertiary/aromatic N) is 1. The maximum atomic E-state index is 11.9. The van der Waals surface area contributed by atoms with Crippen LogP contribution in [0.1, 0.15) is 23.7 Å². The molecule has 0 aliphatic carbocycles. The van der Waals surface area contributed by atoms with Crippen LogP contribution >= 0.6 is 0 Å². The molecule has 1 unspecified atom stereocenters. The van der Waals surface area contributed by atoms with E-state index >= 15 is 0 Å². The minimum Gasteiger partial charge on any atom is -0.396 e. The van der Waals surface area contributed by atoms with E-state index in [2.05, 4.69) is 5.32 Å². The standard InChI is InChI=1S/C13H18N4O2/c1-2-9-13(19)16-6-7-17(9)10-5-3-4-8(11(10)14)12(15)18/h3-5,9H,2,6-7,14H2,1H3,(H2,15,18)(H,16,19). The average molecular weight is 262 g/mol. The van der Waals surface area contributed by atoms with Gasteiger partial charge in [-0.3, -0.25) is 9.59 Å². The first-order chi connectivity index (χ1) is 9.06. The molecule has 2 amide bonds. The number of anilines is 2. The normalized spacial score (nSPS) is 19.1. The highest BCUT2D eigenvalue weighted by Gasteiger charge is 2.29. The van der Waals surface area contributed by atoms with Crippen molar-refractivity contribution in [3.05, 3.63) is 23.8 Å². The van der Waals surface area contributed by atoms with E-state index in [0.717, 1.165) is 0 Å². The first kappa shape index (κ1) is 13.2. The third kappa shape index (κ3) is 2.33. The molecular formula is C13H18N4O2. The number of hydrogen-bond acceptors (Lipinski definition) is 4. The number of nitrogens with one attached hydrogen (secondary N) is 1. The zero-order valence-corrected chi connectivity index (χ0v) is 10.8. The number of piperazine rings is 1. The summed E-state index contributed by atoms with van der Waals surface area (Å²) < 4.78 is 0. The summed E-state index contributed by atoms with van der Waals surface area (Å²) in [4.78, 5) is 25.1. The second-order valence-corrected chi connectivity index (χ2v) is 4.51. The Morgan fingerprint density at radius 1 is 1.53 bits per heavy atom. The van der Waals surface area contributed by atoms with Gasteiger partial charge in [-0.25, -0.2) is 0 Å². The molecule has 2 rings (SSSR count). The van der Waals surface area contributed by atoms with Gasteiger partial charge in [0.05, 0.1) is 16.9 Å². The van der Waals surface area contributed by atoms with Gasteiger partial charge in [0, 0.05) is 13.1 Å². The van der Waals surface area contributed by atoms with E-state index in [1.165, 1.54) is 0 Å². The second-order valence-electron chi connectivity index (χ2n) is 4.51. The first-order valence-electron chi connectivity index (χ1n) is 6.29. The molecule has 5 N–H and O–H groups in total. The largest absolute Gasteiger partial charge is 0.396 e. The Bertz CT molecular complexity index is 515. The number of para-hydroxylation sites is 1. The summed E-state index contributed by atoms with van der Waals surface area (Å²) in [5.74, 6) is -0.577. The van der Waals surface area contributed by atoms with E-state index < -0.39 is 5.91 Å². The topological polar surface area (TPSA) is 101 Å². The lowest BCUT2D eigenvalue weighted by Gasteiger charge is -2.37. The third-order valence-electron chi connectivity index (χ3n) is 3.38. The van der Waals surface area contributed by atoms with E-state index in [1.807, 2.05) is 17.9 Å². The number of hydrogen-bond donors (Lipinski definition) is 3. The van der Waals surface area contributed by atoms with Crippen LogP contribution in [0.15, 0.2) is 18.2 Å². The zero-order valence-electron chi connectivity index (χ0n) is 10.8. The molecule has 1 atom stereocenters. The van der Waals surface area contributed by atoms with E-state index in [-0.39, 0.29) is 11.9 Å². The Morgan fingerprint density at radius 2 is 2.26 bits per heavy atom. The van der Waals surface area contributed by atoms with Crippen LogP contribution in [-0.4, -0.2) is 30.9 Å². The van der Waals surface area contributed by atoms with Gasteiger partial charge in [0.15, 0.2) is 0 Å². The lowest BCUT2D eigenvalue weighted by molar-refractivity contribution is -0.123. The number of amides is 2. The van der Waals surface area contributed by atoms with Crippen LogP contribution in [0.5, 0.6) is 0 Å². The SMILES string of the molecule is CCC1C(=O)NCCN1c1cccc(C(N)=O)c1N. The Balaban J connectivity index is 2.43. The Labute approximate surface area is 111 Å². The van der Waals surface area contributed by atoms with Gasteiger partial charge in [0.1, 0.15) is 6.04 Å². The number of rotatable bonds is 3. The van der Waals surface area contributed by atoms with E-state index in [9.17, 15) is 9.59 Å². The van der Waals surface area contributed by atoms with Crippen LogP contribution in [0.25, 0.3) is 0 Å². The molecule has 0 spiro atoms. The van der Waals surface area contributed by atoms with E-state index in [1.54, 1.807) is 12.1 Å². The van der Waals surface area contributed by atoms with Crippen molar-refractivity contribution in [3.8, 4) is 0 Å². The third-order valence-corrected chi connectivity index (χ3v) is 3.38. The summed E-state index contributed by atoms with van der Waals surface area (Å²) in [7, 11) is 0. The Hall–Kier alpha value is -2.24. The van der Waals surface area contributed by atoms with Crippen molar-refractivity contribution < 1.29 is 9.59 Å². The highest BCUT2D eigenvalue weighted by atomic mass is 16.2. The predicted molar refractivity (Wildman–Crippen MR) is 73.8 cm³/mol. The lowest BCUT2D eigenvalue weighted by atomic mass is 10.1. The van der Waals surface area contributed by atoms with Gasteiger partial charge in [-0.2, -0.15) is 0 Å². The van der Waals surface area contributed by atoms with Gasteiger partial charge >= 0.3 is 0 Å². The van der Waals surface area contributed by atoms with Gasteiger partial charge in [-0.1, -0.05) is 13.0 Å². The summed E-state index contributed by atoms with van der Waals surface area (Å²) in [6.45, 7) is 3.17. The van der Waals surface area contributed by atoms with Crippen molar-refractivity contribution in [1.29, 1.82) is 0 Å². The molecule has 102 valence electrons. The zero-order chi connectivity index (χ0) is 14.0. The van der Waals surface area contributed by atoms with Crippen LogP contribution in [0.4, 0.5) is 11.4 Å².